The third-order valence-electron chi connectivity index (χ3n) is 4.11. The summed E-state index contributed by atoms with van der Waals surface area (Å²) in [5.41, 5.74) is 0. The summed E-state index contributed by atoms with van der Waals surface area (Å²) in [7, 11) is 0. The first kappa shape index (κ1) is 20.6. The van der Waals surface area contributed by atoms with Gasteiger partial charge in [0.15, 0.2) is 5.78 Å². The summed E-state index contributed by atoms with van der Waals surface area (Å²) in [4.78, 5) is 11.0. The van der Waals surface area contributed by atoms with Crippen molar-refractivity contribution in [3.05, 3.63) is 0 Å². The van der Waals surface area contributed by atoms with E-state index in [-0.39, 0.29) is 0 Å². The van der Waals surface area contributed by atoms with Crippen molar-refractivity contribution in [2.45, 2.75) is 103 Å². The van der Waals surface area contributed by atoms with E-state index in [4.69, 9.17) is 5.11 Å². The Hall–Kier alpha value is -0.410. The molecule has 0 aromatic carbocycles. The quantitative estimate of drug-likeness (QED) is 0.416. The predicted molar refractivity (Wildman–Crippen MR) is 88.4 cm³/mol. The average molecular weight is 300 g/mol. The second kappa shape index (κ2) is 16.0. The number of carbonyl (C=O) groups excluding carboxylic acids is 1. The molecule has 126 valence electrons. The molecule has 0 aromatic rings. The van der Waals surface area contributed by atoms with Crippen molar-refractivity contribution in [3.63, 3.8) is 0 Å². The molecule has 0 aliphatic carbocycles. The van der Waals surface area contributed by atoms with E-state index in [9.17, 15) is 9.90 Å². The van der Waals surface area contributed by atoms with Gasteiger partial charge >= 0.3 is 0 Å². The fraction of sp³-hybridized carbons (Fsp3) is 0.944. The Bertz CT molecular complexity index is 229. The van der Waals surface area contributed by atoms with E-state index in [0.717, 1.165) is 12.8 Å². The number of carbonyl (C=O) groups is 1. The second-order valence-corrected chi connectivity index (χ2v) is 6.17. The number of hydrogen-bond acceptors (Lipinski definition) is 3. The fourth-order valence-corrected chi connectivity index (χ4v) is 2.62. The summed E-state index contributed by atoms with van der Waals surface area (Å²) in [6.45, 7) is 1.71. The van der Waals surface area contributed by atoms with Gasteiger partial charge in [-0.1, -0.05) is 90.4 Å². The van der Waals surface area contributed by atoms with Crippen LogP contribution in [0.5, 0.6) is 0 Å². The molecule has 0 heterocycles. The van der Waals surface area contributed by atoms with Gasteiger partial charge in [-0.25, -0.2) is 0 Å². The molecule has 0 saturated carbocycles. The number of aliphatic hydroxyl groups is 2. The van der Waals surface area contributed by atoms with Crippen LogP contribution in [-0.2, 0) is 4.79 Å². The highest BCUT2D eigenvalue weighted by Crippen LogP contribution is 2.13. The summed E-state index contributed by atoms with van der Waals surface area (Å²) in [6.07, 6.45) is 16.3. The highest BCUT2D eigenvalue weighted by Gasteiger charge is 2.12. The van der Waals surface area contributed by atoms with Crippen LogP contribution in [0.15, 0.2) is 0 Å². The second-order valence-electron chi connectivity index (χ2n) is 6.17. The van der Waals surface area contributed by atoms with Crippen LogP contribution in [0.25, 0.3) is 0 Å². The Morgan fingerprint density at radius 1 is 0.762 bits per heavy atom. The number of ketones is 1. The van der Waals surface area contributed by atoms with Crippen LogP contribution in [-0.4, -0.2) is 28.7 Å². The lowest BCUT2D eigenvalue weighted by Crippen LogP contribution is -2.23. The Balaban J connectivity index is 3.11. The Morgan fingerprint density at radius 3 is 1.52 bits per heavy atom. The fourth-order valence-electron chi connectivity index (χ4n) is 2.62. The van der Waals surface area contributed by atoms with Gasteiger partial charge in [0.1, 0.15) is 12.7 Å². The Morgan fingerprint density at radius 2 is 1.14 bits per heavy atom. The predicted octanol–water partition coefficient (Wildman–Crippen LogP) is 4.39. The van der Waals surface area contributed by atoms with Crippen LogP contribution in [0.1, 0.15) is 96.8 Å². The van der Waals surface area contributed by atoms with Crippen molar-refractivity contribution < 1.29 is 15.0 Å². The standard InChI is InChI=1S/C18H36O3/c1-2-3-4-5-6-7-8-9-10-11-12-13-14-15-17(20)18(21)16-19/h17,19-20H,2-16H2,1H3. The largest absolute Gasteiger partial charge is 0.388 e. The molecule has 0 amide bonds. The molecule has 0 rings (SSSR count). The lowest BCUT2D eigenvalue weighted by Gasteiger charge is -2.07. The smallest absolute Gasteiger partial charge is 0.186 e. The topological polar surface area (TPSA) is 57.5 Å². The number of Topliss-reactive ketones (excluding diaryl/α,β-unsaturated/α-hetero) is 1. The Labute approximate surface area is 131 Å². The molecule has 3 nitrogen and oxygen atoms in total. The first-order valence-electron chi connectivity index (χ1n) is 9.04. The average Bonchev–Trinajstić information content (AvgIpc) is 2.50. The molecular formula is C18H36O3. The number of rotatable bonds is 16. The summed E-state index contributed by atoms with van der Waals surface area (Å²) in [5, 5.41) is 18.0. The molecule has 0 fully saturated rings. The zero-order chi connectivity index (χ0) is 15.8. The van der Waals surface area contributed by atoms with Crippen LogP contribution in [0.4, 0.5) is 0 Å². The van der Waals surface area contributed by atoms with Gasteiger partial charge in [-0.3, -0.25) is 4.79 Å². The number of aliphatic hydroxyl groups excluding tert-OH is 2. The molecule has 1 unspecified atom stereocenters. The van der Waals surface area contributed by atoms with Crippen LogP contribution < -0.4 is 0 Å². The van der Waals surface area contributed by atoms with Gasteiger partial charge in [-0.05, 0) is 6.42 Å². The minimum atomic E-state index is -0.956. The molecule has 0 spiro atoms. The molecule has 0 aliphatic rings. The molecule has 0 aliphatic heterocycles. The van der Waals surface area contributed by atoms with Crippen LogP contribution in [0.2, 0.25) is 0 Å². The van der Waals surface area contributed by atoms with Gasteiger partial charge in [-0.15, -0.1) is 0 Å². The monoisotopic (exact) mass is 300 g/mol. The minimum absolute atomic E-state index is 0.450. The van der Waals surface area contributed by atoms with Gasteiger partial charge in [0, 0.05) is 0 Å². The molecule has 0 saturated heterocycles. The molecule has 2 N–H and O–H groups in total. The molecule has 21 heavy (non-hydrogen) atoms. The van der Waals surface area contributed by atoms with Crippen molar-refractivity contribution in [3.8, 4) is 0 Å². The number of hydrogen-bond donors (Lipinski definition) is 2. The summed E-state index contributed by atoms with van der Waals surface area (Å²) >= 11 is 0. The first-order chi connectivity index (χ1) is 10.2. The van der Waals surface area contributed by atoms with E-state index in [1.165, 1.54) is 70.6 Å². The van der Waals surface area contributed by atoms with Gasteiger partial charge in [0.05, 0.1) is 0 Å². The van der Waals surface area contributed by atoms with Gasteiger partial charge in [-0.2, -0.15) is 0 Å². The lowest BCUT2D eigenvalue weighted by molar-refractivity contribution is -0.130. The van der Waals surface area contributed by atoms with Gasteiger partial charge in [0.25, 0.3) is 0 Å². The molecule has 0 aromatic heterocycles. The molecule has 0 radical (unpaired) electrons. The van der Waals surface area contributed by atoms with E-state index >= 15 is 0 Å². The van der Waals surface area contributed by atoms with Gasteiger partial charge in [0.2, 0.25) is 0 Å². The first-order valence-corrected chi connectivity index (χ1v) is 9.04. The van der Waals surface area contributed by atoms with Crippen molar-refractivity contribution in [2.24, 2.45) is 0 Å². The SMILES string of the molecule is CCCCCCCCCCCCCCCC(O)C(=O)CO. The van der Waals surface area contributed by atoms with E-state index in [1.54, 1.807) is 0 Å². The summed E-state index contributed by atoms with van der Waals surface area (Å²) in [6, 6.07) is 0. The van der Waals surface area contributed by atoms with Crippen molar-refractivity contribution in [1.29, 1.82) is 0 Å². The summed E-state index contributed by atoms with van der Waals surface area (Å²) in [5.74, 6) is -0.450. The van der Waals surface area contributed by atoms with Crippen molar-refractivity contribution in [2.75, 3.05) is 6.61 Å². The Kier molecular flexibility index (Phi) is 15.7. The van der Waals surface area contributed by atoms with E-state index in [1.807, 2.05) is 0 Å². The number of unbranched alkanes of at least 4 members (excludes halogenated alkanes) is 12. The normalized spacial score (nSPS) is 12.5. The minimum Gasteiger partial charge on any atom is -0.388 e. The van der Waals surface area contributed by atoms with Gasteiger partial charge < -0.3 is 10.2 Å². The van der Waals surface area contributed by atoms with Crippen LogP contribution in [0.3, 0.4) is 0 Å². The highest BCUT2D eigenvalue weighted by atomic mass is 16.3. The molecule has 3 heteroatoms. The lowest BCUT2D eigenvalue weighted by atomic mass is 10.0. The van der Waals surface area contributed by atoms with Crippen molar-refractivity contribution in [1.82, 2.24) is 0 Å². The third-order valence-corrected chi connectivity index (χ3v) is 4.11. The van der Waals surface area contributed by atoms with Crippen molar-refractivity contribution >= 4 is 5.78 Å². The maximum Gasteiger partial charge on any atom is 0.186 e. The summed E-state index contributed by atoms with van der Waals surface area (Å²) < 4.78 is 0. The van der Waals surface area contributed by atoms with E-state index in [0.29, 0.717) is 6.42 Å². The highest BCUT2D eigenvalue weighted by molar-refractivity contribution is 5.83. The third kappa shape index (κ3) is 14.3. The molecule has 1 atom stereocenters. The van der Waals surface area contributed by atoms with Crippen LogP contribution >= 0.6 is 0 Å². The molecule has 0 bridgehead atoms. The van der Waals surface area contributed by atoms with E-state index < -0.39 is 18.5 Å². The zero-order valence-electron chi connectivity index (χ0n) is 14.0. The van der Waals surface area contributed by atoms with Crippen LogP contribution in [0, 0.1) is 0 Å². The molecular weight excluding hydrogens is 264 g/mol. The zero-order valence-corrected chi connectivity index (χ0v) is 14.0. The van der Waals surface area contributed by atoms with E-state index in [2.05, 4.69) is 6.92 Å². The maximum absolute atomic E-state index is 11.0. The maximum atomic E-state index is 11.0.